The molecule has 0 aliphatic rings. The third-order valence-corrected chi connectivity index (χ3v) is 3.92. The van der Waals surface area contributed by atoms with Crippen molar-refractivity contribution in [3.63, 3.8) is 0 Å². The number of carbonyl (C=O) groups excluding carboxylic acids is 3. The normalized spacial score (nSPS) is 10.4. The highest BCUT2D eigenvalue weighted by Gasteiger charge is 2.14. The maximum atomic E-state index is 12.1. The fourth-order valence-corrected chi connectivity index (χ4v) is 2.57. The number of aromatic nitrogens is 2. The van der Waals surface area contributed by atoms with E-state index in [9.17, 15) is 14.4 Å². The maximum absolute atomic E-state index is 12.1. The van der Waals surface area contributed by atoms with Crippen molar-refractivity contribution in [2.24, 2.45) is 0 Å². The Balaban J connectivity index is 1.52. The van der Waals surface area contributed by atoms with Crippen LogP contribution in [0.1, 0.15) is 21.5 Å². The maximum Gasteiger partial charge on any atom is 0.338 e. The van der Waals surface area contributed by atoms with E-state index in [2.05, 4.69) is 20.6 Å². The molecule has 1 heterocycles. The van der Waals surface area contributed by atoms with E-state index in [-0.39, 0.29) is 5.56 Å². The molecule has 3 amide bonds. The number of hydrogen-bond donors (Lipinski definition) is 2. The minimum absolute atomic E-state index is 0.237. The Bertz CT molecular complexity index is 1070. The zero-order valence-electron chi connectivity index (χ0n) is 15.4. The standard InChI is InChI=1S/C20H18N4O4/c1-12-3-5-15(13(2)9-12)23-20(27)24-18(25)11-28-19(26)14-4-6-16-17(10-14)22-8-7-21-16/h3-10H,11H2,1-2H3,(H2,23,24,25,27). The molecule has 0 aliphatic heterocycles. The van der Waals surface area contributed by atoms with Gasteiger partial charge in [0.25, 0.3) is 5.91 Å². The summed E-state index contributed by atoms with van der Waals surface area (Å²) in [5.41, 5.74) is 3.93. The van der Waals surface area contributed by atoms with Crippen molar-refractivity contribution in [3.05, 3.63) is 65.5 Å². The number of nitrogens with one attached hydrogen (secondary N) is 2. The van der Waals surface area contributed by atoms with Crippen LogP contribution in [0.5, 0.6) is 0 Å². The number of anilines is 1. The average molecular weight is 378 g/mol. The highest BCUT2D eigenvalue weighted by Crippen LogP contribution is 2.15. The number of esters is 1. The summed E-state index contributed by atoms with van der Waals surface area (Å²) < 4.78 is 4.95. The lowest BCUT2D eigenvalue weighted by Crippen LogP contribution is -2.37. The van der Waals surface area contributed by atoms with Crippen molar-refractivity contribution < 1.29 is 19.1 Å². The Morgan fingerprint density at radius 3 is 2.46 bits per heavy atom. The number of aryl methyl sites for hydroxylation is 2. The molecule has 142 valence electrons. The van der Waals surface area contributed by atoms with Gasteiger partial charge in [-0.1, -0.05) is 17.7 Å². The first-order valence-corrected chi connectivity index (χ1v) is 8.48. The molecule has 28 heavy (non-hydrogen) atoms. The van der Waals surface area contributed by atoms with E-state index in [1.807, 2.05) is 26.0 Å². The van der Waals surface area contributed by atoms with E-state index in [1.165, 1.54) is 18.3 Å². The van der Waals surface area contributed by atoms with Gasteiger partial charge in [0, 0.05) is 18.1 Å². The molecule has 1 aromatic heterocycles. The molecule has 0 fully saturated rings. The number of nitrogens with zero attached hydrogens (tertiary/aromatic N) is 2. The van der Waals surface area contributed by atoms with E-state index in [0.717, 1.165) is 11.1 Å². The second-order valence-corrected chi connectivity index (χ2v) is 6.16. The lowest BCUT2D eigenvalue weighted by atomic mass is 10.1. The summed E-state index contributed by atoms with van der Waals surface area (Å²) in [5.74, 6) is -1.44. The summed E-state index contributed by atoms with van der Waals surface area (Å²) >= 11 is 0. The summed E-state index contributed by atoms with van der Waals surface area (Å²) in [5, 5.41) is 4.70. The second kappa shape index (κ2) is 8.26. The second-order valence-electron chi connectivity index (χ2n) is 6.16. The number of ether oxygens (including phenoxy) is 1. The van der Waals surface area contributed by atoms with Gasteiger partial charge in [-0.2, -0.15) is 0 Å². The molecule has 8 heteroatoms. The molecule has 8 nitrogen and oxygen atoms in total. The molecule has 3 rings (SSSR count). The Labute approximate surface area is 160 Å². The van der Waals surface area contributed by atoms with Gasteiger partial charge >= 0.3 is 12.0 Å². The third kappa shape index (κ3) is 4.67. The van der Waals surface area contributed by atoms with Crippen molar-refractivity contribution in [2.45, 2.75) is 13.8 Å². The van der Waals surface area contributed by atoms with Gasteiger partial charge in [0.2, 0.25) is 0 Å². The summed E-state index contributed by atoms with van der Waals surface area (Å²) in [6, 6.07) is 9.50. The number of benzene rings is 2. The molecule has 0 spiro atoms. The number of carbonyl (C=O) groups is 3. The first kappa shape index (κ1) is 19.0. The molecular weight excluding hydrogens is 360 g/mol. The van der Waals surface area contributed by atoms with Gasteiger partial charge in [-0.25, -0.2) is 9.59 Å². The number of rotatable bonds is 4. The molecule has 0 atom stereocenters. The smallest absolute Gasteiger partial charge is 0.338 e. The van der Waals surface area contributed by atoms with Gasteiger partial charge < -0.3 is 10.1 Å². The van der Waals surface area contributed by atoms with Crippen molar-refractivity contribution in [1.29, 1.82) is 0 Å². The van der Waals surface area contributed by atoms with Gasteiger partial charge in [0.15, 0.2) is 6.61 Å². The Kier molecular flexibility index (Phi) is 5.59. The number of urea groups is 1. The summed E-state index contributed by atoms with van der Waals surface area (Å²) in [6.45, 7) is 3.20. The molecular formula is C20H18N4O4. The van der Waals surface area contributed by atoms with Gasteiger partial charge in [0.1, 0.15) is 0 Å². The number of fused-ring (bicyclic) bond motifs is 1. The third-order valence-electron chi connectivity index (χ3n) is 3.92. The molecule has 0 unspecified atom stereocenters. The number of hydrogen-bond acceptors (Lipinski definition) is 6. The largest absolute Gasteiger partial charge is 0.452 e. The Hall–Kier alpha value is -3.81. The van der Waals surface area contributed by atoms with Crippen LogP contribution in [0.4, 0.5) is 10.5 Å². The summed E-state index contributed by atoms with van der Waals surface area (Å²) in [4.78, 5) is 44.1. The quantitative estimate of drug-likeness (QED) is 0.676. The number of imide groups is 1. The van der Waals surface area contributed by atoms with Crippen LogP contribution < -0.4 is 10.6 Å². The fourth-order valence-electron chi connectivity index (χ4n) is 2.57. The monoisotopic (exact) mass is 378 g/mol. The van der Waals surface area contributed by atoms with Crippen molar-refractivity contribution >= 4 is 34.6 Å². The average Bonchev–Trinajstić information content (AvgIpc) is 2.68. The van der Waals surface area contributed by atoms with Crippen LogP contribution in [-0.4, -0.2) is 34.5 Å². The lowest BCUT2D eigenvalue weighted by molar-refractivity contribution is -0.123. The topological polar surface area (TPSA) is 110 Å². The molecule has 0 radical (unpaired) electrons. The highest BCUT2D eigenvalue weighted by atomic mass is 16.5. The molecule has 0 aliphatic carbocycles. The van der Waals surface area contributed by atoms with Crippen LogP contribution >= 0.6 is 0 Å². The van der Waals surface area contributed by atoms with E-state index in [4.69, 9.17) is 4.74 Å². The molecule has 2 aromatic carbocycles. The predicted molar refractivity (Wildman–Crippen MR) is 103 cm³/mol. The van der Waals surface area contributed by atoms with Gasteiger partial charge in [-0.15, -0.1) is 0 Å². The van der Waals surface area contributed by atoms with Gasteiger partial charge in [-0.05, 0) is 43.7 Å². The highest BCUT2D eigenvalue weighted by molar-refractivity contribution is 6.02. The SMILES string of the molecule is Cc1ccc(NC(=O)NC(=O)COC(=O)c2ccc3nccnc3c2)c(C)c1. The van der Waals surface area contributed by atoms with Crippen LogP contribution in [0.2, 0.25) is 0 Å². The van der Waals surface area contributed by atoms with Crippen LogP contribution in [0.15, 0.2) is 48.8 Å². The Morgan fingerprint density at radius 2 is 1.71 bits per heavy atom. The van der Waals surface area contributed by atoms with Crippen molar-refractivity contribution in [1.82, 2.24) is 15.3 Å². The van der Waals surface area contributed by atoms with Gasteiger partial charge in [0.05, 0.1) is 16.6 Å². The lowest BCUT2D eigenvalue weighted by Gasteiger charge is -2.10. The first-order chi connectivity index (χ1) is 13.4. The summed E-state index contributed by atoms with van der Waals surface area (Å²) in [7, 11) is 0. The zero-order valence-corrected chi connectivity index (χ0v) is 15.4. The van der Waals surface area contributed by atoms with Gasteiger partial charge in [-0.3, -0.25) is 20.1 Å². The van der Waals surface area contributed by atoms with Crippen molar-refractivity contribution in [2.75, 3.05) is 11.9 Å². The number of amides is 3. The van der Waals surface area contributed by atoms with Crippen LogP contribution in [0, 0.1) is 13.8 Å². The Morgan fingerprint density at radius 1 is 0.964 bits per heavy atom. The minimum atomic E-state index is -0.740. The summed E-state index contributed by atoms with van der Waals surface area (Å²) in [6.07, 6.45) is 3.06. The predicted octanol–water partition coefficient (Wildman–Crippen LogP) is 2.75. The van der Waals surface area contributed by atoms with Crippen LogP contribution in [0.25, 0.3) is 11.0 Å². The van der Waals surface area contributed by atoms with E-state index in [1.54, 1.807) is 18.3 Å². The molecule has 0 saturated heterocycles. The minimum Gasteiger partial charge on any atom is -0.452 e. The zero-order chi connectivity index (χ0) is 20.1. The van der Waals surface area contributed by atoms with E-state index in [0.29, 0.717) is 16.7 Å². The van der Waals surface area contributed by atoms with Crippen LogP contribution in [-0.2, 0) is 9.53 Å². The molecule has 0 bridgehead atoms. The van der Waals surface area contributed by atoms with E-state index < -0.39 is 24.5 Å². The molecule has 3 aromatic rings. The van der Waals surface area contributed by atoms with E-state index >= 15 is 0 Å². The van der Waals surface area contributed by atoms with Crippen molar-refractivity contribution in [3.8, 4) is 0 Å². The fraction of sp³-hybridized carbons (Fsp3) is 0.150. The molecule has 0 saturated carbocycles. The van der Waals surface area contributed by atoms with Crippen LogP contribution in [0.3, 0.4) is 0 Å². The molecule has 2 N–H and O–H groups in total. The first-order valence-electron chi connectivity index (χ1n) is 8.48.